The lowest BCUT2D eigenvalue weighted by Crippen LogP contribution is -2.20. The van der Waals surface area contributed by atoms with Gasteiger partial charge in [0.2, 0.25) is 11.8 Å². The van der Waals surface area contributed by atoms with Crippen LogP contribution in [0.2, 0.25) is 0 Å². The van der Waals surface area contributed by atoms with Gasteiger partial charge in [0.1, 0.15) is 5.75 Å². The summed E-state index contributed by atoms with van der Waals surface area (Å²) in [5, 5.41) is 10.7. The molecule has 1 heterocycles. The molecule has 7 heteroatoms. The van der Waals surface area contributed by atoms with Crippen LogP contribution in [0.25, 0.3) is 11.5 Å². The number of hydrogen-bond donors (Lipinski definition) is 1. The first-order chi connectivity index (χ1) is 12.1. The van der Waals surface area contributed by atoms with Gasteiger partial charge in [-0.25, -0.2) is 0 Å². The Morgan fingerprint density at radius 1 is 1.12 bits per heavy atom. The molecule has 0 unspecified atom stereocenters. The van der Waals surface area contributed by atoms with E-state index in [-0.39, 0.29) is 12.5 Å². The molecular weight excluding hydrogens is 386 g/mol. The number of amides is 1. The minimum atomic E-state index is -0.226. The number of carbonyl (C=O) groups is 1. The van der Waals surface area contributed by atoms with E-state index in [1.54, 1.807) is 12.1 Å². The van der Waals surface area contributed by atoms with E-state index in [9.17, 15) is 4.79 Å². The van der Waals surface area contributed by atoms with E-state index < -0.39 is 0 Å². The van der Waals surface area contributed by atoms with Crippen LogP contribution >= 0.6 is 15.9 Å². The van der Waals surface area contributed by atoms with Crippen LogP contribution in [0.5, 0.6) is 5.75 Å². The summed E-state index contributed by atoms with van der Waals surface area (Å²) in [4.78, 5) is 11.9. The fraction of sp³-hybridized carbons (Fsp3) is 0.167. The zero-order valence-electron chi connectivity index (χ0n) is 13.5. The maximum absolute atomic E-state index is 11.9. The summed E-state index contributed by atoms with van der Waals surface area (Å²) in [5.74, 6) is 1.43. The summed E-state index contributed by atoms with van der Waals surface area (Å²) >= 11 is 3.35. The molecule has 1 amide bonds. The first kappa shape index (κ1) is 17.2. The third-order valence-corrected chi connectivity index (χ3v) is 3.90. The van der Waals surface area contributed by atoms with Gasteiger partial charge < -0.3 is 14.5 Å². The summed E-state index contributed by atoms with van der Waals surface area (Å²) in [7, 11) is 0. The number of aromatic nitrogens is 2. The lowest BCUT2D eigenvalue weighted by atomic mass is 10.2. The Labute approximate surface area is 153 Å². The molecule has 3 aromatic rings. The van der Waals surface area contributed by atoms with Crippen molar-refractivity contribution in [3.63, 3.8) is 0 Å². The molecule has 0 saturated heterocycles. The average molecular weight is 402 g/mol. The largest absolute Gasteiger partial charge is 0.484 e. The van der Waals surface area contributed by atoms with E-state index in [1.807, 2.05) is 43.3 Å². The molecule has 25 heavy (non-hydrogen) atoms. The van der Waals surface area contributed by atoms with Crippen molar-refractivity contribution in [1.29, 1.82) is 0 Å². The molecule has 6 nitrogen and oxygen atoms in total. The Morgan fingerprint density at radius 2 is 1.84 bits per heavy atom. The van der Waals surface area contributed by atoms with E-state index in [0.29, 0.717) is 24.0 Å². The van der Waals surface area contributed by atoms with Crippen molar-refractivity contribution >= 4 is 27.5 Å². The highest BCUT2D eigenvalue weighted by Crippen LogP contribution is 2.21. The number of rotatable bonds is 6. The van der Waals surface area contributed by atoms with Crippen molar-refractivity contribution in [3.8, 4) is 17.2 Å². The van der Waals surface area contributed by atoms with E-state index in [2.05, 4.69) is 31.4 Å². The number of nitrogens with zero attached hydrogens (tertiary/aromatic N) is 2. The van der Waals surface area contributed by atoms with Gasteiger partial charge >= 0.3 is 0 Å². The molecule has 1 N–H and O–H groups in total. The summed E-state index contributed by atoms with van der Waals surface area (Å²) in [6, 6.07) is 14.5. The van der Waals surface area contributed by atoms with Crippen LogP contribution in [-0.4, -0.2) is 22.7 Å². The van der Waals surface area contributed by atoms with Crippen LogP contribution in [0.3, 0.4) is 0 Å². The third kappa shape index (κ3) is 4.67. The van der Waals surface area contributed by atoms with Crippen LogP contribution in [0.1, 0.15) is 12.8 Å². The zero-order chi connectivity index (χ0) is 17.6. The number of anilines is 1. The Kier molecular flexibility index (Phi) is 5.45. The van der Waals surface area contributed by atoms with Gasteiger partial charge in [-0.3, -0.25) is 4.79 Å². The summed E-state index contributed by atoms with van der Waals surface area (Å²) in [6.45, 7) is 1.88. The van der Waals surface area contributed by atoms with Crippen LogP contribution < -0.4 is 10.1 Å². The molecule has 0 radical (unpaired) electrons. The van der Waals surface area contributed by atoms with Crippen molar-refractivity contribution in [2.24, 2.45) is 0 Å². The lowest BCUT2D eigenvalue weighted by Gasteiger charge is -2.08. The number of halogens is 1. The summed E-state index contributed by atoms with van der Waals surface area (Å²) < 4.78 is 11.9. The molecule has 0 spiro atoms. The van der Waals surface area contributed by atoms with Crippen molar-refractivity contribution in [1.82, 2.24) is 10.2 Å². The summed E-state index contributed by atoms with van der Waals surface area (Å²) in [5.41, 5.74) is 1.52. The van der Waals surface area contributed by atoms with E-state index in [1.165, 1.54) is 0 Å². The van der Waals surface area contributed by atoms with E-state index in [4.69, 9.17) is 9.15 Å². The first-order valence-electron chi connectivity index (χ1n) is 7.75. The smallest absolute Gasteiger partial charge is 0.262 e. The van der Waals surface area contributed by atoms with E-state index in [0.717, 1.165) is 15.7 Å². The Balaban J connectivity index is 1.54. The SMILES string of the molecule is CCc1nnc(-c2ccc(OCC(=O)Nc3ccc(Br)cc3)cc2)o1. The number of aryl methyl sites for hydroxylation is 1. The molecule has 0 aliphatic heterocycles. The predicted octanol–water partition coefficient (Wildman–Crippen LogP) is 4.08. The molecule has 0 saturated carbocycles. The number of carbonyl (C=O) groups excluding carboxylic acids is 1. The van der Waals surface area contributed by atoms with Gasteiger partial charge in [0.15, 0.2) is 6.61 Å². The molecule has 0 bridgehead atoms. The second kappa shape index (κ2) is 7.94. The van der Waals surface area contributed by atoms with Gasteiger partial charge in [0.25, 0.3) is 5.91 Å². The zero-order valence-corrected chi connectivity index (χ0v) is 15.1. The first-order valence-corrected chi connectivity index (χ1v) is 8.54. The van der Waals surface area contributed by atoms with Crippen LogP contribution in [-0.2, 0) is 11.2 Å². The topological polar surface area (TPSA) is 77.2 Å². The minimum absolute atomic E-state index is 0.0735. The monoisotopic (exact) mass is 401 g/mol. The maximum Gasteiger partial charge on any atom is 0.262 e. The fourth-order valence-electron chi connectivity index (χ4n) is 2.09. The van der Waals surface area contributed by atoms with Gasteiger partial charge in [0.05, 0.1) is 0 Å². The van der Waals surface area contributed by atoms with Gasteiger partial charge in [-0.15, -0.1) is 10.2 Å². The third-order valence-electron chi connectivity index (χ3n) is 3.37. The van der Waals surface area contributed by atoms with Crippen molar-refractivity contribution in [2.45, 2.75) is 13.3 Å². The molecule has 0 aliphatic carbocycles. The fourth-order valence-corrected chi connectivity index (χ4v) is 2.35. The lowest BCUT2D eigenvalue weighted by molar-refractivity contribution is -0.118. The standard InChI is InChI=1S/C18H16BrN3O3/c1-2-17-21-22-18(25-17)12-3-9-15(10-4-12)24-11-16(23)20-14-7-5-13(19)6-8-14/h3-10H,2,11H2,1H3,(H,20,23). The molecular formula is C18H16BrN3O3. The molecule has 2 aromatic carbocycles. The van der Waals surface area contributed by atoms with Gasteiger partial charge in [-0.05, 0) is 48.5 Å². The predicted molar refractivity (Wildman–Crippen MR) is 97.4 cm³/mol. The highest BCUT2D eigenvalue weighted by molar-refractivity contribution is 9.10. The van der Waals surface area contributed by atoms with Crippen LogP contribution in [0, 0.1) is 0 Å². The highest BCUT2D eigenvalue weighted by Gasteiger charge is 2.08. The van der Waals surface area contributed by atoms with E-state index >= 15 is 0 Å². The number of benzene rings is 2. The van der Waals surface area contributed by atoms with Crippen molar-refractivity contribution in [2.75, 3.05) is 11.9 Å². The Hall–Kier alpha value is -2.67. The second-order valence-corrected chi connectivity index (χ2v) is 6.14. The van der Waals surface area contributed by atoms with Gasteiger partial charge in [-0.2, -0.15) is 0 Å². The second-order valence-electron chi connectivity index (χ2n) is 5.22. The summed E-state index contributed by atoms with van der Waals surface area (Å²) in [6.07, 6.45) is 0.696. The molecule has 0 aliphatic rings. The van der Waals surface area contributed by atoms with Crippen molar-refractivity contribution in [3.05, 3.63) is 58.9 Å². The molecule has 0 fully saturated rings. The average Bonchev–Trinajstić information content (AvgIpc) is 3.12. The number of ether oxygens (including phenoxy) is 1. The Bertz CT molecular complexity index is 845. The minimum Gasteiger partial charge on any atom is -0.484 e. The van der Waals surface area contributed by atoms with Gasteiger partial charge in [-0.1, -0.05) is 22.9 Å². The molecule has 128 valence electrons. The van der Waals surface area contributed by atoms with Crippen LogP contribution in [0.4, 0.5) is 5.69 Å². The highest BCUT2D eigenvalue weighted by atomic mass is 79.9. The van der Waals surface area contributed by atoms with Gasteiger partial charge in [0, 0.05) is 22.1 Å². The van der Waals surface area contributed by atoms with Crippen LogP contribution in [0.15, 0.2) is 57.4 Å². The molecule has 0 atom stereocenters. The number of hydrogen-bond acceptors (Lipinski definition) is 5. The normalized spacial score (nSPS) is 10.5. The molecule has 1 aromatic heterocycles. The quantitative estimate of drug-likeness (QED) is 0.673. The Morgan fingerprint density at radius 3 is 2.48 bits per heavy atom. The number of nitrogens with one attached hydrogen (secondary N) is 1. The van der Waals surface area contributed by atoms with Crippen molar-refractivity contribution < 1.29 is 13.9 Å². The molecule has 3 rings (SSSR count). The maximum atomic E-state index is 11.9.